The Morgan fingerprint density at radius 1 is 1.21 bits per heavy atom. The summed E-state index contributed by atoms with van der Waals surface area (Å²) in [6, 6.07) is 5.12. The van der Waals surface area contributed by atoms with Gasteiger partial charge in [-0.2, -0.15) is 0 Å². The number of nitrogens with zero attached hydrogens (tertiary/aromatic N) is 1. The van der Waals surface area contributed by atoms with Gasteiger partial charge in [0, 0.05) is 0 Å². The van der Waals surface area contributed by atoms with Gasteiger partial charge in [0.25, 0.3) is 11.8 Å². The number of aliphatic carboxylic acids is 1. The van der Waals surface area contributed by atoms with Crippen LogP contribution in [-0.2, 0) is 4.79 Å². The van der Waals surface area contributed by atoms with Crippen LogP contribution < -0.4 is 5.11 Å². The summed E-state index contributed by atoms with van der Waals surface area (Å²) in [5.41, 5.74) is 0.504. The molecule has 0 fully saturated rings. The maximum Gasteiger partial charge on any atom is 0.262 e. The zero-order chi connectivity index (χ0) is 14.2. The Labute approximate surface area is 110 Å². The zero-order valence-corrected chi connectivity index (χ0v) is 10.8. The first-order valence-corrected chi connectivity index (χ1v) is 6.16. The molecule has 2 amide bonds. The van der Waals surface area contributed by atoms with Crippen molar-refractivity contribution in [3.63, 3.8) is 0 Å². The van der Waals surface area contributed by atoms with E-state index in [1.165, 1.54) is 12.1 Å². The van der Waals surface area contributed by atoms with Crippen molar-refractivity contribution in [2.45, 2.75) is 26.3 Å². The first-order valence-electron chi connectivity index (χ1n) is 6.16. The molecule has 1 aromatic rings. The summed E-state index contributed by atoms with van der Waals surface area (Å²) < 4.78 is 0. The normalized spacial score (nSPS) is 17.3. The van der Waals surface area contributed by atoms with Crippen LogP contribution >= 0.6 is 0 Å². The molecule has 0 saturated carbocycles. The summed E-state index contributed by atoms with van der Waals surface area (Å²) in [5, 5.41) is 11.3. The number of carboxylic acids is 1. The third-order valence-corrected chi connectivity index (χ3v) is 3.53. The molecule has 0 saturated heterocycles. The van der Waals surface area contributed by atoms with Crippen LogP contribution in [0.3, 0.4) is 0 Å². The molecule has 2 rings (SSSR count). The third-order valence-electron chi connectivity index (χ3n) is 3.53. The van der Waals surface area contributed by atoms with Crippen LogP contribution in [-0.4, -0.2) is 28.7 Å². The summed E-state index contributed by atoms with van der Waals surface area (Å²) in [5.74, 6) is -2.87. The number of fused-ring (bicyclic) bond motifs is 1. The van der Waals surface area contributed by atoms with Crippen LogP contribution in [0.1, 0.15) is 41.0 Å². The van der Waals surface area contributed by atoms with Gasteiger partial charge in [0.15, 0.2) is 0 Å². The Morgan fingerprint density at radius 2 is 1.68 bits per heavy atom. The first kappa shape index (κ1) is 13.3. The van der Waals surface area contributed by atoms with Crippen molar-refractivity contribution in [1.29, 1.82) is 0 Å². The molecule has 0 bridgehead atoms. The van der Waals surface area contributed by atoms with E-state index < -0.39 is 23.8 Å². The standard InChI is InChI=1S/C14H15NO4/c1-3-8(2)11(14(18)19)15-12(16)9-6-4-5-7-10(9)13(15)17/h4-8,11H,3H2,1-2H3,(H,18,19)/p-1/t8-,11-/m1/s1. The number of carboxylic acid groups (broad SMARTS) is 1. The highest BCUT2D eigenvalue weighted by Crippen LogP contribution is 2.27. The molecule has 1 aliphatic heterocycles. The molecular formula is C14H14NO4-. The smallest absolute Gasteiger partial charge is 0.262 e. The number of amides is 2. The van der Waals surface area contributed by atoms with E-state index >= 15 is 0 Å². The Kier molecular flexibility index (Phi) is 3.38. The van der Waals surface area contributed by atoms with Gasteiger partial charge in [0.2, 0.25) is 0 Å². The lowest BCUT2D eigenvalue weighted by Gasteiger charge is -2.31. The minimum Gasteiger partial charge on any atom is -0.548 e. The molecule has 100 valence electrons. The largest absolute Gasteiger partial charge is 0.548 e. The molecule has 5 heteroatoms. The van der Waals surface area contributed by atoms with Gasteiger partial charge < -0.3 is 9.90 Å². The summed E-state index contributed by atoms with van der Waals surface area (Å²) in [6.45, 7) is 3.49. The summed E-state index contributed by atoms with van der Waals surface area (Å²) in [7, 11) is 0. The number of imide groups is 1. The second kappa shape index (κ2) is 4.84. The molecule has 5 nitrogen and oxygen atoms in total. The number of rotatable bonds is 4. The fraction of sp³-hybridized carbons (Fsp3) is 0.357. The van der Waals surface area contributed by atoms with E-state index in [9.17, 15) is 19.5 Å². The fourth-order valence-electron chi connectivity index (χ4n) is 2.28. The van der Waals surface area contributed by atoms with Gasteiger partial charge in [-0.3, -0.25) is 14.5 Å². The van der Waals surface area contributed by atoms with Gasteiger partial charge in [0.05, 0.1) is 23.1 Å². The van der Waals surface area contributed by atoms with Crippen molar-refractivity contribution < 1.29 is 19.5 Å². The van der Waals surface area contributed by atoms with Crippen molar-refractivity contribution >= 4 is 17.8 Å². The van der Waals surface area contributed by atoms with Crippen LogP contribution in [0.15, 0.2) is 24.3 Å². The van der Waals surface area contributed by atoms with Gasteiger partial charge in [-0.15, -0.1) is 0 Å². The third kappa shape index (κ3) is 2.01. The molecule has 19 heavy (non-hydrogen) atoms. The lowest BCUT2D eigenvalue weighted by atomic mass is 9.98. The number of hydrogen-bond donors (Lipinski definition) is 0. The first-order chi connectivity index (χ1) is 8.99. The van der Waals surface area contributed by atoms with Crippen molar-refractivity contribution in [2.24, 2.45) is 5.92 Å². The highest BCUT2D eigenvalue weighted by atomic mass is 16.4. The minimum absolute atomic E-state index is 0.252. The SMILES string of the molecule is CC[C@@H](C)[C@H](C(=O)[O-])N1C(=O)c2ccccc2C1=O. The van der Waals surface area contributed by atoms with E-state index in [1.807, 2.05) is 0 Å². The zero-order valence-electron chi connectivity index (χ0n) is 10.8. The highest BCUT2D eigenvalue weighted by molar-refractivity contribution is 6.22. The van der Waals surface area contributed by atoms with E-state index in [4.69, 9.17) is 0 Å². The number of benzene rings is 1. The molecule has 1 aliphatic rings. The second-order valence-corrected chi connectivity index (χ2v) is 4.68. The Morgan fingerprint density at radius 3 is 2.05 bits per heavy atom. The van der Waals surface area contributed by atoms with Crippen LogP contribution in [0.25, 0.3) is 0 Å². The Bertz CT molecular complexity index is 517. The van der Waals surface area contributed by atoms with Crippen LogP contribution in [0, 0.1) is 5.92 Å². The van der Waals surface area contributed by atoms with Crippen molar-refractivity contribution in [1.82, 2.24) is 4.90 Å². The van der Waals surface area contributed by atoms with Crippen LogP contribution in [0.2, 0.25) is 0 Å². The molecule has 0 radical (unpaired) electrons. The van der Waals surface area contributed by atoms with Crippen molar-refractivity contribution in [3.8, 4) is 0 Å². The molecule has 0 aliphatic carbocycles. The van der Waals surface area contributed by atoms with Crippen LogP contribution in [0.4, 0.5) is 0 Å². The van der Waals surface area contributed by atoms with Crippen molar-refractivity contribution in [3.05, 3.63) is 35.4 Å². The van der Waals surface area contributed by atoms with Gasteiger partial charge in [0.1, 0.15) is 0 Å². The molecule has 0 N–H and O–H groups in total. The summed E-state index contributed by atoms with van der Waals surface area (Å²) in [4.78, 5) is 36.5. The topological polar surface area (TPSA) is 77.5 Å². The average molecular weight is 260 g/mol. The predicted molar refractivity (Wildman–Crippen MR) is 65.2 cm³/mol. The van der Waals surface area contributed by atoms with Crippen molar-refractivity contribution in [2.75, 3.05) is 0 Å². The average Bonchev–Trinajstić information content (AvgIpc) is 2.64. The molecule has 1 aromatic carbocycles. The number of carbonyl (C=O) groups is 3. The quantitative estimate of drug-likeness (QED) is 0.736. The molecule has 0 spiro atoms. The molecule has 1 heterocycles. The summed E-state index contributed by atoms with van der Waals surface area (Å²) in [6.07, 6.45) is 0.534. The van der Waals surface area contributed by atoms with Crippen LogP contribution in [0.5, 0.6) is 0 Å². The van der Waals surface area contributed by atoms with E-state index in [0.717, 1.165) is 4.90 Å². The second-order valence-electron chi connectivity index (χ2n) is 4.68. The maximum atomic E-state index is 12.2. The lowest BCUT2D eigenvalue weighted by molar-refractivity contribution is -0.311. The van der Waals surface area contributed by atoms with E-state index in [2.05, 4.69) is 0 Å². The maximum absolute atomic E-state index is 12.2. The van der Waals surface area contributed by atoms with Gasteiger partial charge in [-0.25, -0.2) is 0 Å². The Hall–Kier alpha value is -2.17. The summed E-state index contributed by atoms with van der Waals surface area (Å²) >= 11 is 0. The van der Waals surface area contributed by atoms with Gasteiger partial charge in [-0.1, -0.05) is 32.4 Å². The monoisotopic (exact) mass is 260 g/mol. The van der Waals surface area contributed by atoms with E-state index in [1.54, 1.807) is 26.0 Å². The van der Waals surface area contributed by atoms with Gasteiger partial charge >= 0.3 is 0 Å². The molecular weight excluding hydrogens is 246 g/mol. The number of carbonyl (C=O) groups excluding carboxylic acids is 3. The number of hydrogen-bond acceptors (Lipinski definition) is 4. The molecule has 0 unspecified atom stereocenters. The van der Waals surface area contributed by atoms with Gasteiger partial charge in [-0.05, 0) is 18.1 Å². The fourth-order valence-corrected chi connectivity index (χ4v) is 2.28. The highest BCUT2D eigenvalue weighted by Gasteiger charge is 2.41. The molecule has 0 aromatic heterocycles. The Balaban J connectivity index is 2.45. The van der Waals surface area contributed by atoms with E-state index in [-0.39, 0.29) is 17.0 Å². The predicted octanol–water partition coefficient (Wildman–Crippen LogP) is 0.447. The molecule has 2 atom stereocenters. The minimum atomic E-state index is -1.40. The lowest BCUT2D eigenvalue weighted by Crippen LogP contribution is -2.53. The van der Waals surface area contributed by atoms with E-state index in [0.29, 0.717) is 6.42 Å².